The van der Waals surface area contributed by atoms with Crippen LogP contribution in [0.15, 0.2) is 48.5 Å². The van der Waals surface area contributed by atoms with E-state index in [1.54, 1.807) is 30.3 Å². The maximum Gasteiger partial charge on any atom is 0.337 e. The molecule has 0 unspecified atom stereocenters. The zero-order valence-electron chi connectivity index (χ0n) is 13.4. The molecule has 0 radical (unpaired) electrons. The number of ether oxygens (including phenoxy) is 1. The molecule has 0 fully saturated rings. The van der Waals surface area contributed by atoms with Crippen LogP contribution in [-0.4, -0.2) is 19.0 Å². The Balaban J connectivity index is 2.01. The van der Waals surface area contributed by atoms with E-state index in [1.165, 1.54) is 13.2 Å². The zero-order valence-corrected chi connectivity index (χ0v) is 13.4. The van der Waals surface area contributed by atoms with Gasteiger partial charge in [-0.15, -0.1) is 0 Å². The van der Waals surface area contributed by atoms with Crippen LogP contribution in [0.5, 0.6) is 0 Å². The molecule has 0 saturated carbocycles. The molecule has 0 aliphatic heterocycles. The highest BCUT2D eigenvalue weighted by atomic mass is 16.5. The molecule has 0 bridgehead atoms. The van der Waals surface area contributed by atoms with Crippen LogP contribution in [0.3, 0.4) is 0 Å². The fourth-order valence-corrected chi connectivity index (χ4v) is 2.25. The van der Waals surface area contributed by atoms with Gasteiger partial charge in [-0.1, -0.05) is 18.2 Å². The van der Waals surface area contributed by atoms with Crippen molar-refractivity contribution in [2.24, 2.45) is 0 Å². The largest absolute Gasteiger partial charge is 0.465 e. The summed E-state index contributed by atoms with van der Waals surface area (Å²) in [6.07, 6.45) is 3.16. The lowest BCUT2D eigenvalue weighted by atomic mass is 10.1. The average molecular weight is 309 g/mol. The van der Waals surface area contributed by atoms with Crippen LogP contribution in [0, 0.1) is 13.8 Å². The molecule has 4 heteroatoms. The minimum atomic E-state index is -0.381. The van der Waals surface area contributed by atoms with E-state index in [0.29, 0.717) is 5.56 Å². The molecule has 0 heterocycles. The Hall–Kier alpha value is -2.88. The molecule has 0 spiro atoms. The number of aryl methyl sites for hydroxylation is 2. The molecule has 118 valence electrons. The van der Waals surface area contributed by atoms with E-state index in [4.69, 9.17) is 0 Å². The van der Waals surface area contributed by atoms with Crippen molar-refractivity contribution < 1.29 is 14.3 Å². The number of hydrogen-bond donors (Lipinski definition) is 1. The van der Waals surface area contributed by atoms with Gasteiger partial charge in [0.05, 0.1) is 12.7 Å². The number of esters is 1. The molecule has 0 saturated heterocycles. The Morgan fingerprint density at radius 2 is 1.61 bits per heavy atom. The van der Waals surface area contributed by atoms with Gasteiger partial charge in [0.2, 0.25) is 5.91 Å². The van der Waals surface area contributed by atoms with Gasteiger partial charge in [-0.25, -0.2) is 4.79 Å². The highest BCUT2D eigenvalue weighted by Gasteiger charge is 2.04. The van der Waals surface area contributed by atoms with Gasteiger partial charge in [0.15, 0.2) is 0 Å². The second-order valence-corrected chi connectivity index (χ2v) is 5.31. The fourth-order valence-electron chi connectivity index (χ4n) is 2.25. The van der Waals surface area contributed by atoms with E-state index in [0.717, 1.165) is 22.4 Å². The van der Waals surface area contributed by atoms with Crippen molar-refractivity contribution in [1.82, 2.24) is 0 Å². The van der Waals surface area contributed by atoms with E-state index in [9.17, 15) is 9.59 Å². The molecule has 2 aromatic carbocycles. The van der Waals surface area contributed by atoms with Crippen molar-refractivity contribution in [3.8, 4) is 0 Å². The van der Waals surface area contributed by atoms with Crippen LogP contribution in [-0.2, 0) is 9.53 Å². The lowest BCUT2D eigenvalue weighted by Gasteiger charge is -2.05. The molecule has 0 aliphatic rings. The van der Waals surface area contributed by atoms with Crippen molar-refractivity contribution in [2.45, 2.75) is 13.8 Å². The van der Waals surface area contributed by atoms with Gasteiger partial charge in [0.1, 0.15) is 0 Å². The predicted octanol–water partition coefficient (Wildman–Crippen LogP) is 3.74. The third-order valence-corrected chi connectivity index (χ3v) is 3.25. The Morgan fingerprint density at radius 1 is 1.00 bits per heavy atom. The van der Waals surface area contributed by atoms with Gasteiger partial charge in [-0.05, 0) is 60.9 Å². The first-order chi connectivity index (χ1) is 11.0. The monoisotopic (exact) mass is 309 g/mol. The molecule has 2 aromatic rings. The SMILES string of the molecule is COC(=O)c1ccc(/C=C/C(=O)Nc2cc(C)cc(C)c2)cc1. The summed E-state index contributed by atoms with van der Waals surface area (Å²) in [4.78, 5) is 23.3. The third kappa shape index (κ3) is 4.81. The summed E-state index contributed by atoms with van der Waals surface area (Å²) in [7, 11) is 1.34. The first kappa shape index (κ1) is 16.5. The molecule has 0 aliphatic carbocycles. The van der Waals surface area contributed by atoms with Crippen molar-refractivity contribution in [2.75, 3.05) is 12.4 Å². The number of carbonyl (C=O) groups is 2. The number of benzene rings is 2. The highest BCUT2D eigenvalue weighted by Crippen LogP contribution is 2.14. The van der Waals surface area contributed by atoms with Gasteiger partial charge in [0, 0.05) is 11.8 Å². The molecule has 1 N–H and O–H groups in total. The van der Waals surface area contributed by atoms with Crippen LogP contribution < -0.4 is 5.32 Å². The Bertz CT molecular complexity index is 725. The number of methoxy groups -OCH3 is 1. The van der Waals surface area contributed by atoms with E-state index < -0.39 is 0 Å². The predicted molar refractivity (Wildman–Crippen MR) is 91.4 cm³/mol. The third-order valence-electron chi connectivity index (χ3n) is 3.25. The molecular formula is C19H19NO3. The number of rotatable bonds is 4. The van der Waals surface area contributed by atoms with Crippen LogP contribution in [0.25, 0.3) is 6.08 Å². The summed E-state index contributed by atoms with van der Waals surface area (Å²) < 4.78 is 4.64. The normalized spacial score (nSPS) is 10.6. The Kier molecular flexibility index (Phi) is 5.31. The first-order valence-electron chi connectivity index (χ1n) is 7.23. The highest BCUT2D eigenvalue weighted by molar-refractivity contribution is 6.02. The summed E-state index contributed by atoms with van der Waals surface area (Å²) in [5.41, 5.74) is 4.28. The van der Waals surface area contributed by atoms with E-state index in [2.05, 4.69) is 10.1 Å². The standard InChI is InChI=1S/C19H19NO3/c1-13-10-14(2)12-17(11-13)20-18(21)9-6-15-4-7-16(8-5-15)19(22)23-3/h4-12H,1-3H3,(H,20,21)/b9-6+. The van der Waals surface area contributed by atoms with E-state index >= 15 is 0 Å². The fraction of sp³-hybridized carbons (Fsp3) is 0.158. The van der Waals surface area contributed by atoms with E-state index in [1.807, 2.05) is 32.0 Å². The van der Waals surface area contributed by atoms with Crippen molar-refractivity contribution in [3.05, 3.63) is 70.8 Å². The molecule has 0 atom stereocenters. The topological polar surface area (TPSA) is 55.4 Å². The lowest BCUT2D eigenvalue weighted by molar-refractivity contribution is -0.111. The van der Waals surface area contributed by atoms with Gasteiger partial charge >= 0.3 is 5.97 Å². The number of amides is 1. The Labute approximate surface area is 135 Å². The molecule has 2 rings (SSSR count). The lowest BCUT2D eigenvalue weighted by Crippen LogP contribution is -2.08. The molecule has 0 aromatic heterocycles. The summed E-state index contributed by atoms with van der Waals surface area (Å²) in [5.74, 6) is -0.583. The maximum absolute atomic E-state index is 12.0. The van der Waals surface area contributed by atoms with Gasteiger partial charge < -0.3 is 10.1 Å². The van der Waals surface area contributed by atoms with Crippen LogP contribution >= 0.6 is 0 Å². The number of carbonyl (C=O) groups excluding carboxylic acids is 2. The summed E-state index contributed by atoms with van der Waals surface area (Å²) >= 11 is 0. The smallest absolute Gasteiger partial charge is 0.337 e. The zero-order chi connectivity index (χ0) is 16.8. The number of hydrogen-bond acceptors (Lipinski definition) is 3. The second kappa shape index (κ2) is 7.40. The summed E-state index contributed by atoms with van der Waals surface area (Å²) in [6.45, 7) is 3.97. The van der Waals surface area contributed by atoms with Gasteiger partial charge in [-0.2, -0.15) is 0 Å². The minimum absolute atomic E-state index is 0.202. The average Bonchev–Trinajstić information content (AvgIpc) is 2.51. The molecule has 1 amide bonds. The molecular weight excluding hydrogens is 290 g/mol. The molecule has 4 nitrogen and oxygen atoms in total. The summed E-state index contributed by atoms with van der Waals surface area (Å²) in [5, 5.41) is 2.83. The molecule has 23 heavy (non-hydrogen) atoms. The van der Waals surface area contributed by atoms with E-state index in [-0.39, 0.29) is 11.9 Å². The first-order valence-corrected chi connectivity index (χ1v) is 7.23. The van der Waals surface area contributed by atoms with Crippen molar-refractivity contribution in [1.29, 1.82) is 0 Å². The number of nitrogens with one attached hydrogen (secondary N) is 1. The van der Waals surface area contributed by atoms with Crippen molar-refractivity contribution >= 4 is 23.6 Å². The van der Waals surface area contributed by atoms with Crippen LogP contribution in [0.1, 0.15) is 27.0 Å². The van der Waals surface area contributed by atoms with Crippen LogP contribution in [0.2, 0.25) is 0 Å². The summed E-state index contributed by atoms with van der Waals surface area (Å²) in [6, 6.07) is 12.7. The maximum atomic E-state index is 12.0. The Morgan fingerprint density at radius 3 is 2.17 bits per heavy atom. The van der Waals surface area contributed by atoms with Crippen molar-refractivity contribution in [3.63, 3.8) is 0 Å². The number of anilines is 1. The second-order valence-electron chi connectivity index (χ2n) is 5.31. The van der Waals surface area contributed by atoms with Gasteiger partial charge in [-0.3, -0.25) is 4.79 Å². The van der Waals surface area contributed by atoms with Crippen LogP contribution in [0.4, 0.5) is 5.69 Å². The quantitative estimate of drug-likeness (QED) is 0.691. The van der Waals surface area contributed by atoms with Gasteiger partial charge in [0.25, 0.3) is 0 Å². The minimum Gasteiger partial charge on any atom is -0.465 e.